The first-order valence-corrected chi connectivity index (χ1v) is 6.32. The average molecular weight is 249 g/mol. The molecule has 0 radical (unpaired) electrons. The van der Waals surface area contributed by atoms with Gasteiger partial charge in [-0.25, -0.2) is 0 Å². The summed E-state index contributed by atoms with van der Waals surface area (Å²) in [6, 6.07) is 8.19. The minimum absolute atomic E-state index is 0.159. The second-order valence-corrected chi connectivity index (χ2v) is 4.49. The molecule has 0 bridgehead atoms. The highest BCUT2D eigenvalue weighted by Gasteiger charge is 2.08. The molecule has 0 spiro atoms. The maximum atomic E-state index is 11.6. The number of anilines is 1. The van der Waals surface area contributed by atoms with Crippen molar-refractivity contribution in [2.45, 2.75) is 19.9 Å². The van der Waals surface area contributed by atoms with Crippen molar-refractivity contribution in [3.63, 3.8) is 0 Å². The zero-order valence-electron chi connectivity index (χ0n) is 11.5. The van der Waals surface area contributed by atoms with Crippen molar-refractivity contribution in [3.8, 4) is 0 Å². The molecule has 4 heteroatoms. The van der Waals surface area contributed by atoms with E-state index in [1.54, 1.807) is 19.0 Å². The number of carbonyl (C=O) groups is 1. The number of carbonyl (C=O) groups excluding carboxylic acids is 1. The highest BCUT2D eigenvalue weighted by molar-refractivity contribution is 5.76. The highest BCUT2D eigenvalue weighted by Crippen LogP contribution is 2.15. The number of nitrogens with two attached hydrogens (primary N) is 1. The summed E-state index contributed by atoms with van der Waals surface area (Å²) in [4.78, 5) is 15.4. The van der Waals surface area contributed by atoms with Gasteiger partial charge in [-0.05, 0) is 24.6 Å². The Morgan fingerprint density at radius 2 is 1.83 bits per heavy atom. The van der Waals surface area contributed by atoms with Gasteiger partial charge in [-0.15, -0.1) is 0 Å². The summed E-state index contributed by atoms with van der Waals surface area (Å²) < 4.78 is 0. The van der Waals surface area contributed by atoms with Crippen LogP contribution in [0.4, 0.5) is 5.69 Å². The fraction of sp³-hybridized carbons (Fsp3) is 0.500. The van der Waals surface area contributed by atoms with Crippen LogP contribution in [0.2, 0.25) is 0 Å². The van der Waals surface area contributed by atoms with E-state index in [9.17, 15) is 4.79 Å². The Labute approximate surface area is 109 Å². The molecular weight excluding hydrogens is 226 g/mol. The van der Waals surface area contributed by atoms with Gasteiger partial charge in [-0.1, -0.05) is 12.1 Å². The Morgan fingerprint density at radius 1 is 1.22 bits per heavy atom. The van der Waals surface area contributed by atoms with Crippen LogP contribution in [0.15, 0.2) is 24.3 Å². The Hall–Kier alpha value is -1.55. The first-order chi connectivity index (χ1) is 8.58. The van der Waals surface area contributed by atoms with Crippen molar-refractivity contribution in [1.82, 2.24) is 4.90 Å². The number of benzene rings is 1. The summed E-state index contributed by atoms with van der Waals surface area (Å²) >= 11 is 0. The molecule has 1 rings (SSSR count). The Bertz CT molecular complexity index is 373. The van der Waals surface area contributed by atoms with Crippen molar-refractivity contribution >= 4 is 11.6 Å². The van der Waals surface area contributed by atoms with E-state index in [0.717, 1.165) is 24.3 Å². The summed E-state index contributed by atoms with van der Waals surface area (Å²) in [5, 5.41) is 0. The predicted octanol–water partition coefficient (Wildman–Crippen LogP) is 1.45. The molecular formula is C14H23N3O. The van der Waals surface area contributed by atoms with Crippen LogP contribution in [0.5, 0.6) is 0 Å². The number of rotatable bonds is 6. The Kier molecular flexibility index (Phi) is 5.65. The van der Waals surface area contributed by atoms with Crippen LogP contribution in [-0.4, -0.2) is 38.0 Å². The van der Waals surface area contributed by atoms with Gasteiger partial charge in [0.1, 0.15) is 0 Å². The van der Waals surface area contributed by atoms with Gasteiger partial charge in [0.2, 0.25) is 5.91 Å². The molecule has 100 valence electrons. The summed E-state index contributed by atoms with van der Waals surface area (Å²) in [5.74, 6) is 0.159. The van der Waals surface area contributed by atoms with Crippen LogP contribution in [0.3, 0.4) is 0 Å². The maximum Gasteiger partial charge on any atom is 0.223 e. The summed E-state index contributed by atoms with van der Waals surface area (Å²) in [6.45, 7) is 4.29. The number of nitrogens with zero attached hydrogens (tertiary/aromatic N) is 2. The number of amides is 1. The normalized spacial score (nSPS) is 10.2. The van der Waals surface area contributed by atoms with Gasteiger partial charge in [0.25, 0.3) is 0 Å². The van der Waals surface area contributed by atoms with Gasteiger partial charge in [0.05, 0.1) is 0 Å². The molecule has 0 fully saturated rings. The van der Waals surface area contributed by atoms with Crippen molar-refractivity contribution in [3.05, 3.63) is 29.8 Å². The lowest BCUT2D eigenvalue weighted by atomic mass is 10.2. The van der Waals surface area contributed by atoms with Crippen LogP contribution >= 0.6 is 0 Å². The molecule has 1 amide bonds. The standard InChI is InChI=1S/C14H23N3O/c1-4-17(10-9-14(18)16(2)3)13-7-5-12(11-15)6-8-13/h5-8H,4,9-11,15H2,1-3H3. The molecule has 0 aromatic heterocycles. The quantitative estimate of drug-likeness (QED) is 0.830. The molecule has 4 nitrogen and oxygen atoms in total. The van der Waals surface area contributed by atoms with E-state index in [-0.39, 0.29) is 5.91 Å². The van der Waals surface area contributed by atoms with E-state index in [0.29, 0.717) is 13.0 Å². The van der Waals surface area contributed by atoms with E-state index in [1.165, 1.54) is 0 Å². The molecule has 0 aliphatic rings. The molecule has 2 N–H and O–H groups in total. The third-order valence-corrected chi connectivity index (χ3v) is 3.01. The summed E-state index contributed by atoms with van der Waals surface area (Å²) in [5.41, 5.74) is 7.84. The van der Waals surface area contributed by atoms with Crippen molar-refractivity contribution < 1.29 is 4.79 Å². The third-order valence-electron chi connectivity index (χ3n) is 3.01. The molecule has 0 heterocycles. The fourth-order valence-corrected chi connectivity index (χ4v) is 1.77. The zero-order valence-corrected chi connectivity index (χ0v) is 11.5. The van der Waals surface area contributed by atoms with Crippen LogP contribution in [-0.2, 0) is 11.3 Å². The largest absolute Gasteiger partial charge is 0.371 e. The van der Waals surface area contributed by atoms with Gasteiger partial charge in [0.15, 0.2) is 0 Å². The van der Waals surface area contributed by atoms with Gasteiger partial charge in [0, 0.05) is 45.8 Å². The topological polar surface area (TPSA) is 49.6 Å². The molecule has 0 saturated heterocycles. The molecule has 0 aliphatic carbocycles. The van der Waals surface area contributed by atoms with Crippen molar-refractivity contribution in [2.24, 2.45) is 5.73 Å². The van der Waals surface area contributed by atoms with Gasteiger partial charge in [-0.2, -0.15) is 0 Å². The first kappa shape index (κ1) is 14.5. The Morgan fingerprint density at radius 3 is 2.28 bits per heavy atom. The van der Waals surface area contributed by atoms with E-state index in [1.807, 2.05) is 12.1 Å². The van der Waals surface area contributed by atoms with Crippen LogP contribution in [0.1, 0.15) is 18.9 Å². The molecule has 0 unspecified atom stereocenters. The van der Waals surface area contributed by atoms with Crippen LogP contribution < -0.4 is 10.6 Å². The highest BCUT2D eigenvalue weighted by atomic mass is 16.2. The second-order valence-electron chi connectivity index (χ2n) is 4.49. The molecule has 1 aromatic rings. The minimum atomic E-state index is 0.159. The second kappa shape index (κ2) is 7.01. The summed E-state index contributed by atoms with van der Waals surface area (Å²) in [7, 11) is 3.57. The molecule has 18 heavy (non-hydrogen) atoms. The Balaban J connectivity index is 2.62. The third kappa shape index (κ3) is 4.04. The molecule has 0 atom stereocenters. The SMILES string of the molecule is CCN(CCC(=O)N(C)C)c1ccc(CN)cc1. The first-order valence-electron chi connectivity index (χ1n) is 6.32. The number of hydrogen-bond acceptors (Lipinski definition) is 3. The lowest BCUT2D eigenvalue weighted by Gasteiger charge is -2.23. The number of hydrogen-bond donors (Lipinski definition) is 1. The van der Waals surface area contributed by atoms with Crippen molar-refractivity contribution in [2.75, 3.05) is 32.1 Å². The molecule has 1 aromatic carbocycles. The fourth-order valence-electron chi connectivity index (χ4n) is 1.77. The van der Waals surface area contributed by atoms with Gasteiger partial charge < -0.3 is 15.5 Å². The van der Waals surface area contributed by atoms with Crippen LogP contribution in [0.25, 0.3) is 0 Å². The smallest absolute Gasteiger partial charge is 0.223 e. The maximum absolute atomic E-state index is 11.6. The van der Waals surface area contributed by atoms with E-state index < -0.39 is 0 Å². The average Bonchev–Trinajstić information content (AvgIpc) is 2.39. The van der Waals surface area contributed by atoms with Crippen molar-refractivity contribution in [1.29, 1.82) is 0 Å². The summed E-state index contributed by atoms with van der Waals surface area (Å²) in [6.07, 6.45) is 0.541. The van der Waals surface area contributed by atoms with Gasteiger partial charge >= 0.3 is 0 Å². The monoisotopic (exact) mass is 249 g/mol. The zero-order chi connectivity index (χ0) is 13.5. The minimum Gasteiger partial charge on any atom is -0.371 e. The lowest BCUT2D eigenvalue weighted by Crippen LogP contribution is -2.30. The van der Waals surface area contributed by atoms with E-state index in [2.05, 4.69) is 24.0 Å². The van der Waals surface area contributed by atoms with Gasteiger partial charge in [-0.3, -0.25) is 4.79 Å². The lowest BCUT2D eigenvalue weighted by molar-refractivity contribution is -0.128. The van der Waals surface area contributed by atoms with Crippen LogP contribution in [0, 0.1) is 0 Å². The van der Waals surface area contributed by atoms with E-state index >= 15 is 0 Å². The predicted molar refractivity (Wildman–Crippen MR) is 75.5 cm³/mol. The molecule has 0 aliphatic heterocycles. The van der Waals surface area contributed by atoms with E-state index in [4.69, 9.17) is 5.73 Å². The molecule has 0 saturated carbocycles.